The fraction of sp³-hybridized carbons (Fsp3) is 0.455. The molecule has 164 valence electrons. The molecular formula is C22H24N8O2. The summed E-state index contributed by atoms with van der Waals surface area (Å²) in [4.78, 5) is 18.9. The Labute approximate surface area is 184 Å². The highest BCUT2D eigenvalue weighted by molar-refractivity contribution is 5.80. The van der Waals surface area contributed by atoms with Crippen LogP contribution in [0.4, 0.5) is 0 Å². The zero-order valence-corrected chi connectivity index (χ0v) is 17.8. The number of rotatable bonds is 5. The van der Waals surface area contributed by atoms with Crippen LogP contribution >= 0.6 is 0 Å². The van der Waals surface area contributed by atoms with Gasteiger partial charge in [-0.3, -0.25) is 9.89 Å². The molecule has 1 aliphatic carbocycles. The summed E-state index contributed by atoms with van der Waals surface area (Å²) in [5, 5.41) is 20.2. The second kappa shape index (κ2) is 7.85. The van der Waals surface area contributed by atoms with E-state index < -0.39 is 0 Å². The Morgan fingerprint density at radius 1 is 1.12 bits per heavy atom. The third kappa shape index (κ3) is 3.35. The van der Waals surface area contributed by atoms with Crippen LogP contribution in [0.25, 0.3) is 34.0 Å². The van der Waals surface area contributed by atoms with Gasteiger partial charge < -0.3 is 9.42 Å². The Bertz CT molecular complexity index is 1280. The number of amides is 1. The number of aromatic amines is 1. The first-order valence-corrected chi connectivity index (χ1v) is 11.3. The van der Waals surface area contributed by atoms with Crippen LogP contribution in [0.2, 0.25) is 0 Å². The molecule has 4 heterocycles. The van der Waals surface area contributed by atoms with Gasteiger partial charge in [-0.1, -0.05) is 10.4 Å². The summed E-state index contributed by atoms with van der Waals surface area (Å²) in [5.74, 6) is 1.11. The Morgan fingerprint density at radius 2 is 2.00 bits per heavy atom. The van der Waals surface area contributed by atoms with Gasteiger partial charge >= 0.3 is 0 Å². The lowest BCUT2D eigenvalue weighted by Gasteiger charge is -2.14. The number of carbonyl (C=O) groups is 1. The Balaban J connectivity index is 1.21. The fourth-order valence-electron chi connectivity index (χ4n) is 4.70. The van der Waals surface area contributed by atoms with E-state index in [-0.39, 0.29) is 5.91 Å². The number of carbonyl (C=O) groups excluding carboxylic acids is 1. The van der Waals surface area contributed by atoms with E-state index in [4.69, 9.17) is 4.52 Å². The van der Waals surface area contributed by atoms with Crippen molar-refractivity contribution in [3.05, 3.63) is 29.5 Å². The molecule has 2 aliphatic rings. The molecule has 1 saturated heterocycles. The van der Waals surface area contributed by atoms with Crippen LogP contribution < -0.4 is 0 Å². The predicted molar refractivity (Wildman–Crippen MR) is 115 cm³/mol. The lowest BCUT2D eigenvalue weighted by molar-refractivity contribution is -0.130. The lowest BCUT2D eigenvalue weighted by Crippen LogP contribution is -2.28. The fourth-order valence-corrected chi connectivity index (χ4v) is 4.70. The van der Waals surface area contributed by atoms with Crippen molar-refractivity contribution in [2.45, 2.75) is 51.5 Å². The minimum atomic E-state index is 0.183. The molecule has 0 atom stereocenters. The van der Waals surface area contributed by atoms with Gasteiger partial charge in [-0.15, -0.1) is 5.10 Å². The third-order valence-corrected chi connectivity index (χ3v) is 6.45. The molecule has 1 amide bonds. The number of nitrogens with zero attached hydrogens (tertiary/aromatic N) is 7. The normalized spacial score (nSPS) is 16.1. The van der Waals surface area contributed by atoms with Crippen LogP contribution in [0.1, 0.15) is 43.4 Å². The maximum Gasteiger partial charge on any atom is 0.279 e. The van der Waals surface area contributed by atoms with Crippen LogP contribution in [0, 0.1) is 0 Å². The van der Waals surface area contributed by atoms with E-state index >= 15 is 0 Å². The molecule has 6 rings (SSSR count). The van der Waals surface area contributed by atoms with E-state index in [9.17, 15) is 4.79 Å². The number of aryl methyl sites for hydroxylation is 2. The van der Waals surface area contributed by atoms with Gasteiger partial charge in [0.25, 0.3) is 5.89 Å². The maximum absolute atomic E-state index is 12.3. The van der Waals surface area contributed by atoms with Gasteiger partial charge in [0.2, 0.25) is 11.7 Å². The average Bonchev–Trinajstić information content (AvgIpc) is 3.62. The number of likely N-dealkylation sites (tertiary alicyclic amines) is 1. The number of hydrogen-bond acceptors (Lipinski definition) is 7. The highest BCUT2D eigenvalue weighted by Crippen LogP contribution is 2.30. The molecule has 4 aromatic rings. The Morgan fingerprint density at radius 3 is 2.91 bits per heavy atom. The number of nitrogens with one attached hydrogen (secondary N) is 1. The molecule has 1 aromatic carbocycles. The highest BCUT2D eigenvalue weighted by Gasteiger charge is 2.23. The standard InChI is InChI=1S/C22H24N8O2/c31-19(29-10-3-4-11-29)9-12-30-18-8-7-14(13-17(18)25-28-30)21-23-22(32-27-21)20-15-5-1-2-6-16(15)24-26-20/h7-8,13H,1-6,9-12H2,(H,24,26). The van der Waals surface area contributed by atoms with Crippen LogP contribution in [-0.2, 0) is 24.2 Å². The van der Waals surface area contributed by atoms with Crippen molar-refractivity contribution in [2.24, 2.45) is 0 Å². The zero-order valence-electron chi connectivity index (χ0n) is 17.8. The molecule has 1 aliphatic heterocycles. The van der Waals surface area contributed by atoms with Gasteiger partial charge in [-0.05, 0) is 56.7 Å². The van der Waals surface area contributed by atoms with Crippen LogP contribution in [0.5, 0.6) is 0 Å². The van der Waals surface area contributed by atoms with Gasteiger partial charge in [-0.2, -0.15) is 10.1 Å². The summed E-state index contributed by atoms with van der Waals surface area (Å²) in [6, 6.07) is 5.77. The lowest BCUT2D eigenvalue weighted by atomic mass is 9.96. The van der Waals surface area contributed by atoms with Crippen LogP contribution in [-0.4, -0.2) is 59.2 Å². The number of fused-ring (bicyclic) bond motifs is 2. The SMILES string of the molecule is O=C(CCn1nnc2cc(-c3noc(-c4n[nH]c5c4CCCC5)n3)ccc21)N1CCCC1. The summed E-state index contributed by atoms with van der Waals surface area (Å²) in [6.07, 6.45) is 6.95. The molecule has 0 saturated carbocycles. The molecule has 10 nitrogen and oxygen atoms in total. The Kier molecular flexibility index (Phi) is 4.70. The molecule has 1 N–H and O–H groups in total. The van der Waals surface area contributed by atoms with Gasteiger partial charge in [0.15, 0.2) is 5.69 Å². The summed E-state index contributed by atoms with van der Waals surface area (Å²) < 4.78 is 7.32. The average molecular weight is 432 g/mol. The highest BCUT2D eigenvalue weighted by atomic mass is 16.5. The van der Waals surface area contributed by atoms with E-state index in [1.54, 1.807) is 4.68 Å². The number of benzene rings is 1. The predicted octanol–water partition coefficient (Wildman–Crippen LogP) is 2.76. The largest absolute Gasteiger partial charge is 0.343 e. The van der Waals surface area contributed by atoms with Crippen molar-refractivity contribution in [3.63, 3.8) is 0 Å². The van der Waals surface area contributed by atoms with E-state index in [0.29, 0.717) is 24.7 Å². The molecular weight excluding hydrogens is 408 g/mol. The summed E-state index contributed by atoms with van der Waals surface area (Å²) in [5.41, 5.74) is 5.54. The summed E-state index contributed by atoms with van der Waals surface area (Å²) >= 11 is 0. The number of aromatic nitrogens is 7. The first-order chi connectivity index (χ1) is 15.8. The number of hydrogen-bond donors (Lipinski definition) is 1. The van der Waals surface area contributed by atoms with Crippen molar-refractivity contribution in [1.82, 2.24) is 40.2 Å². The maximum atomic E-state index is 12.3. The van der Waals surface area contributed by atoms with E-state index in [0.717, 1.165) is 67.5 Å². The first kappa shape index (κ1) is 19.1. The van der Waals surface area contributed by atoms with Gasteiger partial charge in [0, 0.05) is 36.3 Å². The smallest absolute Gasteiger partial charge is 0.279 e. The minimum Gasteiger partial charge on any atom is -0.343 e. The van der Waals surface area contributed by atoms with Crippen LogP contribution in [0.3, 0.4) is 0 Å². The topological polar surface area (TPSA) is 119 Å². The zero-order chi connectivity index (χ0) is 21.5. The molecule has 0 unspecified atom stereocenters. The van der Waals surface area contributed by atoms with E-state index in [1.807, 2.05) is 23.1 Å². The summed E-state index contributed by atoms with van der Waals surface area (Å²) in [7, 11) is 0. The van der Waals surface area contributed by atoms with Crippen molar-refractivity contribution in [1.29, 1.82) is 0 Å². The van der Waals surface area contributed by atoms with E-state index in [1.165, 1.54) is 17.7 Å². The third-order valence-electron chi connectivity index (χ3n) is 6.45. The van der Waals surface area contributed by atoms with Crippen LogP contribution in [0.15, 0.2) is 22.7 Å². The molecule has 0 spiro atoms. The van der Waals surface area contributed by atoms with E-state index in [2.05, 4.69) is 30.7 Å². The summed E-state index contributed by atoms with van der Waals surface area (Å²) in [6.45, 7) is 2.25. The van der Waals surface area contributed by atoms with Gasteiger partial charge in [0.05, 0.1) is 12.1 Å². The van der Waals surface area contributed by atoms with Crippen molar-refractivity contribution in [2.75, 3.05) is 13.1 Å². The monoisotopic (exact) mass is 432 g/mol. The molecule has 1 fully saturated rings. The molecule has 3 aromatic heterocycles. The van der Waals surface area contributed by atoms with Gasteiger partial charge in [-0.25, -0.2) is 4.68 Å². The quantitative estimate of drug-likeness (QED) is 0.515. The second-order valence-corrected chi connectivity index (χ2v) is 8.51. The van der Waals surface area contributed by atoms with Crippen molar-refractivity contribution >= 4 is 16.9 Å². The molecule has 32 heavy (non-hydrogen) atoms. The van der Waals surface area contributed by atoms with Crippen molar-refractivity contribution < 1.29 is 9.32 Å². The molecule has 0 radical (unpaired) electrons. The molecule has 0 bridgehead atoms. The first-order valence-electron chi connectivity index (χ1n) is 11.3. The minimum absolute atomic E-state index is 0.183. The Hall–Kier alpha value is -3.56. The molecule has 10 heteroatoms. The van der Waals surface area contributed by atoms with Crippen molar-refractivity contribution in [3.8, 4) is 23.0 Å². The second-order valence-electron chi connectivity index (χ2n) is 8.51. The number of H-pyrrole nitrogens is 1. The van der Waals surface area contributed by atoms with Gasteiger partial charge in [0.1, 0.15) is 5.52 Å².